The molecule has 1 N–H and O–H groups in total. The van der Waals surface area contributed by atoms with Crippen LogP contribution in [-0.2, 0) is 0 Å². The summed E-state index contributed by atoms with van der Waals surface area (Å²) in [6.45, 7) is 0. The first-order chi connectivity index (χ1) is 1.41. The molecule has 0 bridgehead atoms. The molecule has 0 spiro atoms. The van der Waals surface area contributed by atoms with Gasteiger partial charge in [-0.25, -0.2) is 0 Å². The van der Waals surface area contributed by atoms with Gasteiger partial charge in [0.1, 0.15) is 0 Å². The van der Waals surface area contributed by atoms with Gasteiger partial charge in [-0.15, -0.1) is 4.91 Å². The van der Waals surface area contributed by atoms with Crippen molar-refractivity contribution < 1.29 is 45.8 Å². The molecule has 0 rings (SSSR count). The number of hydrogen-bond acceptors (Lipinski definition) is 2. The molecule has 0 saturated heterocycles. The monoisotopic (exact) mass is 63.0 g/mol. The topological polar surface area (TPSA) is 49.7 Å². The minimum Gasteiger partial charge on any atom is -1.00 e. The standard InChI is InChI=1S/2Li.HNO2.2H/c;;2-1-3;;/h;;(H,2,3);;/q2*+1;;2*-1. The molecule has 0 atom stereocenters. The average molecular weight is 62.9 g/mol. The third-order valence-electron chi connectivity index (χ3n) is 0. The van der Waals surface area contributed by atoms with E-state index in [0.29, 0.717) is 0 Å². The number of hydrogen-bond donors (Lipinski definition) is 1. The molecular formula is H3Li2NO2. The molecule has 0 aromatic carbocycles. The van der Waals surface area contributed by atoms with Gasteiger partial charge in [0.25, 0.3) is 0 Å². The summed E-state index contributed by atoms with van der Waals surface area (Å²) in [5, 5.41) is 7.89. The normalized spacial score (nSPS) is 2.40. The molecule has 0 aliphatic rings. The summed E-state index contributed by atoms with van der Waals surface area (Å²) in [7, 11) is 0. The van der Waals surface area contributed by atoms with E-state index in [2.05, 4.69) is 0 Å². The first-order valence-corrected chi connectivity index (χ1v) is 0.383. The molecule has 0 fully saturated rings. The van der Waals surface area contributed by atoms with E-state index in [1.54, 1.807) is 0 Å². The van der Waals surface area contributed by atoms with Crippen molar-refractivity contribution in [2.75, 3.05) is 0 Å². The van der Waals surface area contributed by atoms with E-state index in [0.717, 1.165) is 0 Å². The van der Waals surface area contributed by atoms with Crippen LogP contribution in [-0.4, -0.2) is 5.21 Å². The Kier molecular flexibility index (Phi) is 81.9. The Morgan fingerprint density at radius 1 is 1.60 bits per heavy atom. The van der Waals surface area contributed by atoms with E-state index in [-0.39, 0.29) is 40.6 Å². The molecule has 22 valence electrons. The summed E-state index contributed by atoms with van der Waals surface area (Å²) in [6.07, 6.45) is 0. The molecule has 0 aromatic heterocycles. The van der Waals surface area contributed by atoms with Crippen LogP contribution in [0.15, 0.2) is 5.34 Å². The second-order valence-corrected chi connectivity index (χ2v) is 0.0816. The van der Waals surface area contributed by atoms with Crippen LogP contribution in [0.25, 0.3) is 0 Å². The van der Waals surface area contributed by atoms with Crippen molar-refractivity contribution in [2.24, 2.45) is 5.34 Å². The van der Waals surface area contributed by atoms with E-state index in [1.165, 1.54) is 5.34 Å². The second-order valence-electron chi connectivity index (χ2n) is 0.0816. The molecule has 0 radical (unpaired) electrons. The van der Waals surface area contributed by atoms with Gasteiger partial charge in [-0.3, -0.25) is 0 Å². The molecule has 0 aromatic rings. The Balaban J connectivity index is -0.00000000333. The summed E-state index contributed by atoms with van der Waals surface area (Å²) in [4.78, 5) is 8.11. The van der Waals surface area contributed by atoms with E-state index in [1.807, 2.05) is 0 Å². The predicted molar refractivity (Wildman–Crippen MR) is 9.81 cm³/mol. The SMILES string of the molecule is O=NO.[H-].[H-].[Li+].[Li+]. The van der Waals surface area contributed by atoms with Crippen molar-refractivity contribution in [2.45, 2.75) is 0 Å². The maximum Gasteiger partial charge on any atom is 1.00 e. The average Bonchev–Trinajstić information content (AvgIpc) is 0.918. The summed E-state index contributed by atoms with van der Waals surface area (Å²) < 4.78 is 0. The third-order valence-corrected chi connectivity index (χ3v) is 0. The predicted octanol–water partition coefficient (Wildman–Crippen LogP) is -5.62. The molecule has 5 heteroatoms. The fraction of sp³-hybridized carbons (Fsp3) is 0. The Morgan fingerprint density at radius 3 is 1.60 bits per heavy atom. The minimum atomic E-state index is 0. The Morgan fingerprint density at radius 2 is 1.60 bits per heavy atom. The summed E-state index contributed by atoms with van der Waals surface area (Å²) in [6, 6.07) is 0. The van der Waals surface area contributed by atoms with Gasteiger partial charge >= 0.3 is 37.7 Å². The van der Waals surface area contributed by atoms with Gasteiger partial charge in [0.2, 0.25) is 0 Å². The van der Waals surface area contributed by atoms with Crippen molar-refractivity contribution in [1.82, 2.24) is 0 Å². The van der Waals surface area contributed by atoms with Crippen molar-refractivity contribution in [1.29, 1.82) is 0 Å². The van der Waals surface area contributed by atoms with Gasteiger partial charge in [-0.05, 0) is 0 Å². The van der Waals surface area contributed by atoms with Crippen LogP contribution in [0.5, 0.6) is 0 Å². The van der Waals surface area contributed by atoms with Crippen LogP contribution >= 0.6 is 0 Å². The van der Waals surface area contributed by atoms with Gasteiger partial charge in [0.05, 0.1) is 0 Å². The van der Waals surface area contributed by atoms with Crippen LogP contribution in [0.1, 0.15) is 2.85 Å². The van der Waals surface area contributed by atoms with E-state index < -0.39 is 0 Å². The second kappa shape index (κ2) is 23.3. The van der Waals surface area contributed by atoms with Crippen LogP contribution in [0, 0.1) is 4.91 Å². The first-order valence-electron chi connectivity index (χ1n) is 0.383. The molecule has 0 unspecified atom stereocenters. The molecule has 3 nitrogen and oxygen atoms in total. The summed E-state index contributed by atoms with van der Waals surface area (Å²) >= 11 is 0. The Bertz CT molecular complexity index is 21.2. The third kappa shape index (κ3) is 87.4. The van der Waals surface area contributed by atoms with Gasteiger partial charge in [-0.2, -0.15) is 0 Å². The zero-order valence-corrected chi connectivity index (χ0v) is 3.30. The van der Waals surface area contributed by atoms with Crippen molar-refractivity contribution >= 4 is 0 Å². The van der Waals surface area contributed by atoms with Crippen molar-refractivity contribution in [3.8, 4) is 0 Å². The molecule has 0 aliphatic carbocycles. The Labute approximate surface area is 56.4 Å². The quantitative estimate of drug-likeness (QED) is 0.173. The van der Waals surface area contributed by atoms with Gasteiger partial charge < -0.3 is 8.06 Å². The molecule has 5 heavy (non-hydrogen) atoms. The molecule has 0 amide bonds. The Hall–Kier alpha value is 0.595. The maximum atomic E-state index is 8.11. The van der Waals surface area contributed by atoms with Crippen LogP contribution in [0.2, 0.25) is 0 Å². The van der Waals surface area contributed by atoms with Gasteiger partial charge in [0, 0.05) is 0 Å². The van der Waals surface area contributed by atoms with E-state index in [9.17, 15) is 0 Å². The van der Waals surface area contributed by atoms with Gasteiger partial charge in [-0.1, -0.05) is 0 Å². The zero-order chi connectivity index (χ0) is 2.71. The molecule has 0 aliphatic heterocycles. The van der Waals surface area contributed by atoms with Gasteiger partial charge in [0.15, 0.2) is 5.34 Å². The van der Waals surface area contributed by atoms with Crippen LogP contribution in [0.4, 0.5) is 0 Å². The fourth-order valence-electron chi connectivity index (χ4n) is 0. The summed E-state index contributed by atoms with van der Waals surface area (Å²) in [5.41, 5.74) is 0. The fourth-order valence-corrected chi connectivity index (χ4v) is 0. The molecule has 0 saturated carbocycles. The summed E-state index contributed by atoms with van der Waals surface area (Å²) in [5.74, 6) is 0. The number of nitrogens with zero attached hydrogens (tertiary/aromatic N) is 1. The minimum absolute atomic E-state index is 0. The number of rotatable bonds is 0. The smallest absolute Gasteiger partial charge is 1.00 e. The van der Waals surface area contributed by atoms with E-state index in [4.69, 9.17) is 10.1 Å². The van der Waals surface area contributed by atoms with E-state index >= 15 is 0 Å². The largest absolute Gasteiger partial charge is 1.00 e. The van der Waals surface area contributed by atoms with Crippen LogP contribution < -0.4 is 37.7 Å². The maximum absolute atomic E-state index is 8.11. The zero-order valence-electron chi connectivity index (χ0n) is 5.30. The molecule has 0 heterocycles. The molecular weight excluding hydrogens is 59.9 g/mol. The van der Waals surface area contributed by atoms with Crippen LogP contribution in [0.3, 0.4) is 0 Å². The van der Waals surface area contributed by atoms with Crippen molar-refractivity contribution in [3.05, 3.63) is 4.91 Å². The first kappa shape index (κ1) is 17.5. The van der Waals surface area contributed by atoms with Crippen molar-refractivity contribution in [3.63, 3.8) is 0 Å².